The van der Waals surface area contributed by atoms with Gasteiger partial charge in [0.05, 0.1) is 0 Å². The van der Waals surface area contributed by atoms with E-state index < -0.39 is 0 Å². The first-order chi connectivity index (χ1) is 7.18. The number of carbonyl (C=O) groups is 1. The summed E-state index contributed by atoms with van der Waals surface area (Å²) in [5.41, 5.74) is 1.84. The maximum Gasteiger partial charge on any atom is 0.251 e. The third-order valence-electron chi connectivity index (χ3n) is 3.08. The van der Waals surface area contributed by atoms with Crippen LogP contribution in [0.5, 0.6) is 0 Å². The van der Waals surface area contributed by atoms with Gasteiger partial charge in [-0.05, 0) is 44.2 Å². The van der Waals surface area contributed by atoms with Crippen LogP contribution in [0.2, 0.25) is 0 Å². The zero-order chi connectivity index (χ0) is 10.8. The molecular formula is C13H17NO. The molecule has 2 nitrogen and oxygen atoms in total. The molecule has 1 aromatic rings. The number of carbonyl (C=O) groups excluding carboxylic acids is 1. The van der Waals surface area contributed by atoms with Gasteiger partial charge in [-0.3, -0.25) is 4.79 Å². The van der Waals surface area contributed by atoms with E-state index in [1.54, 1.807) is 0 Å². The van der Waals surface area contributed by atoms with Gasteiger partial charge < -0.3 is 5.32 Å². The minimum Gasteiger partial charge on any atom is -0.349 e. The largest absolute Gasteiger partial charge is 0.349 e. The average Bonchev–Trinajstić information content (AvgIpc) is 3.01. The molecule has 1 aliphatic carbocycles. The molecule has 0 heterocycles. The first kappa shape index (κ1) is 10.2. The summed E-state index contributed by atoms with van der Waals surface area (Å²) in [6.45, 7) is 4.06. The predicted octanol–water partition coefficient (Wildman–Crippen LogP) is 2.52. The van der Waals surface area contributed by atoms with Crippen molar-refractivity contribution in [1.82, 2.24) is 5.32 Å². The van der Waals surface area contributed by atoms with Crippen LogP contribution in [0.25, 0.3) is 0 Å². The summed E-state index contributed by atoms with van der Waals surface area (Å²) in [5, 5.41) is 3.06. The summed E-state index contributed by atoms with van der Waals surface area (Å²) in [5.74, 6) is 0.769. The Morgan fingerprint density at radius 2 is 2.07 bits per heavy atom. The van der Waals surface area contributed by atoms with Crippen molar-refractivity contribution in [2.24, 2.45) is 5.92 Å². The Bertz CT molecular complexity index is 369. The zero-order valence-electron chi connectivity index (χ0n) is 9.29. The van der Waals surface area contributed by atoms with E-state index in [4.69, 9.17) is 0 Å². The van der Waals surface area contributed by atoms with Crippen LogP contribution in [0, 0.1) is 12.8 Å². The molecule has 2 heteroatoms. The predicted molar refractivity (Wildman–Crippen MR) is 60.8 cm³/mol. The maximum atomic E-state index is 11.9. The molecular weight excluding hydrogens is 186 g/mol. The van der Waals surface area contributed by atoms with Crippen molar-refractivity contribution in [3.05, 3.63) is 35.4 Å². The lowest BCUT2D eigenvalue weighted by Gasteiger charge is -2.13. The standard InChI is InChI=1S/C13H17NO/c1-9-5-3-4-6-12(9)13(15)14-10(2)11-7-8-11/h3-6,10-11H,7-8H2,1-2H3,(H,14,15). The lowest BCUT2D eigenvalue weighted by atomic mass is 10.1. The molecule has 2 rings (SSSR count). The Labute approximate surface area is 90.7 Å². The maximum absolute atomic E-state index is 11.9. The third kappa shape index (κ3) is 2.38. The highest BCUT2D eigenvalue weighted by molar-refractivity contribution is 5.95. The molecule has 1 amide bonds. The second-order valence-corrected chi connectivity index (χ2v) is 4.41. The minimum atomic E-state index is 0.0625. The van der Waals surface area contributed by atoms with Crippen LogP contribution in [0.1, 0.15) is 35.7 Å². The van der Waals surface area contributed by atoms with Gasteiger partial charge in [0.15, 0.2) is 0 Å². The van der Waals surface area contributed by atoms with Crippen molar-refractivity contribution in [2.45, 2.75) is 32.7 Å². The second kappa shape index (κ2) is 4.05. The Balaban J connectivity index is 2.04. The van der Waals surface area contributed by atoms with Crippen LogP contribution in [0.3, 0.4) is 0 Å². The van der Waals surface area contributed by atoms with E-state index in [1.807, 2.05) is 31.2 Å². The highest BCUT2D eigenvalue weighted by atomic mass is 16.1. The molecule has 0 saturated heterocycles. The van der Waals surface area contributed by atoms with Crippen molar-refractivity contribution in [3.8, 4) is 0 Å². The van der Waals surface area contributed by atoms with Gasteiger partial charge in [0.1, 0.15) is 0 Å². The number of aryl methyl sites for hydroxylation is 1. The van der Waals surface area contributed by atoms with E-state index >= 15 is 0 Å². The van der Waals surface area contributed by atoms with Crippen LogP contribution >= 0.6 is 0 Å². The summed E-state index contributed by atoms with van der Waals surface area (Å²) >= 11 is 0. The van der Waals surface area contributed by atoms with Crippen LogP contribution < -0.4 is 5.32 Å². The van der Waals surface area contributed by atoms with Gasteiger partial charge in [0.25, 0.3) is 5.91 Å². The van der Waals surface area contributed by atoms with E-state index in [9.17, 15) is 4.79 Å². The highest BCUT2D eigenvalue weighted by Crippen LogP contribution is 2.32. The van der Waals surface area contributed by atoms with Gasteiger partial charge in [0, 0.05) is 11.6 Å². The van der Waals surface area contributed by atoms with Gasteiger partial charge in [-0.1, -0.05) is 18.2 Å². The van der Waals surface area contributed by atoms with Gasteiger partial charge in [0.2, 0.25) is 0 Å². The summed E-state index contributed by atoms with van der Waals surface area (Å²) in [6.07, 6.45) is 2.52. The van der Waals surface area contributed by atoms with Crippen LogP contribution in [-0.4, -0.2) is 11.9 Å². The Kier molecular flexibility index (Phi) is 2.76. The van der Waals surface area contributed by atoms with Crippen molar-refractivity contribution in [1.29, 1.82) is 0 Å². The number of amides is 1. The quantitative estimate of drug-likeness (QED) is 0.803. The molecule has 1 fully saturated rings. The smallest absolute Gasteiger partial charge is 0.251 e. The number of benzene rings is 1. The summed E-state index contributed by atoms with van der Waals surface area (Å²) < 4.78 is 0. The molecule has 1 N–H and O–H groups in total. The minimum absolute atomic E-state index is 0.0625. The van der Waals surface area contributed by atoms with Crippen molar-refractivity contribution in [2.75, 3.05) is 0 Å². The first-order valence-corrected chi connectivity index (χ1v) is 5.55. The van der Waals surface area contributed by atoms with E-state index in [1.165, 1.54) is 12.8 Å². The molecule has 1 aromatic carbocycles. The van der Waals surface area contributed by atoms with E-state index in [-0.39, 0.29) is 5.91 Å². The monoisotopic (exact) mass is 203 g/mol. The topological polar surface area (TPSA) is 29.1 Å². The third-order valence-corrected chi connectivity index (χ3v) is 3.08. The van der Waals surface area contributed by atoms with Crippen LogP contribution in [0.4, 0.5) is 0 Å². The summed E-state index contributed by atoms with van der Waals surface area (Å²) in [7, 11) is 0. The molecule has 15 heavy (non-hydrogen) atoms. The Hall–Kier alpha value is -1.31. The van der Waals surface area contributed by atoms with Crippen molar-refractivity contribution < 1.29 is 4.79 Å². The fraction of sp³-hybridized carbons (Fsp3) is 0.462. The molecule has 1 saturated carbocycles. The normalized spacial score (nSPS) is 17.2. The van der Waals surface area contributed by atoms with Gasteiger partial charge in [-0.15, -0.1) is 0 Å². The molecule has 1 aliphatic rings. The number of hydrogen-bond donors (Lipinski definition) is 1. The number of hydrogen-bond acceptors (Lipinski definition) is 1. The Morgan fingerprint density at radius 3 is 2.67 bits per heavy atom. The average molecular weight is 203 g/mol. The zero-order valence-corrected chi connectivity index (χ0v) is 9.29. The fourth-order valence-corrected chi connectivity index (χ4v) is 1.83. The van der Waals surface area contributed by atoms with Gasteiger partial charge >= 0.3 is 0 Å². The van der Waals surface area contributed by atoms with Gasteiger partial charge in [-0.25, -0.2) is 0 Å². The van der Waals surface area contributed by atoms with E-state index in [0.717, 1.165) is 11.1 Å². The van der Waals surface area contributed by atoms with Gasteiger partial charge in [-0.2, -0.15) is 0 Å². The fourth-order valence-electron chi connectivity index (χ4n) is 1.83. The second-order valence-electron chi connectivity index (χ2n) is 4.41. The molecule has 0 aliphatic heterocycles. The molecule has 1 unspecified atom stereocenters. The Morgan fingerprint density at radius 1 is 1.40 bits per heavy atom. The molecule has 0 bridgehead atoms. The molecule has 1 atom stereocenters. The number of nitrogens with one attached hydrogen (secondary N) is 1. The van der Waals surface area contributed by atoms with Crippen molar-refractivity contribution in [3.63, 3.8) is 0 Å². The first-order valence-electron chi connectivity index (χ1n) is 5.55. The van der Waals surface area contributed by atoms with Crippen LogP contribution in [0.15, 0.2) is 24.3 Å². The van der Waals surface area contributed by atoms with E-state index in [2.05, 4.69) is 12.2 Å². The lowest BCUT2D eigenvalue weighted by molar-refractivity contribution is 0.0935. The summed E-state index contributed by atoms with van der Waals surface area (Å²) in [6, 6.07) is 8.03. The molecule has 0 spiro atoms. The van der Waals surface area contributed by atoms with Crippen LogP contribution in [-0.2, 0) is 0 Å². The molecule has 0 radical (unpaired) electrons. The SMILES string of the molecule is Cc1ccccc1C(=O)NC(C)C1CC1. The molecule has 0 aromatic heterocycles. The lowest BCUT2D eigenvalue weighted by Crippen LogP contribution is -2.34. The highest BCUT2D eigenvalue weighted by Gasteiger charge is 2.29. The van der Waals surface area contributed by atoms with E-state index in [0.29, 0.717) is 12.0 Å². The van der Waals surface area contributed by atoms with Crippen molar-refractivity contribution >= 4 is 5.91 Å². The molecule has 80 valence electrons. The number of rotatable bonds is 3. The summed E-state index contributed by atoms with van der Waals surface area (Å²) in [4.78, 5) is 11.9.